The molecule has 0 aromatic carbocycles. The van der Waals surface area contributed by atoms with Gasteiger partial charge < -0.3 is 15.3 Å². The molecule has 12 heavy (non-hydrogen) atoms. The van der Waals surface area contributed by atoms with Crippen LogP contribution in [0.15, 0.2) is 0 Å². The first kappa shape index (κ1) is 11.6. The fraction of sp³-hybridized carbons (Fsp3) is 0.875. The van der Waals surface area contributed by atoms with E-state index in [2.05, 4.69) is 0 Å². The predicted molar refractivity (Wildman–Crippen MR) is 43.6 cm³/mol. The molecule has 4 nitrogen and oxygen atoms in total. The summed E-state index contributed by atoms with van der Waals surface area (Å²) in [5.74, 6) is -0.235. The largest absolute Gasteiger partial charge is 0.396 e. The number of ketones is 1. The Morgan fingerprint density at radius 1 is 1.25 bits per heavy atom. The van der Waals surface area contributed by atoms with Crippen LogP contribution < -0.4 is 0 Å². The molecule has 0 bridgehead atoms. The van der Waals surface area contributed by atoms with Gasteiger partial charge in [0.15, 0.2) is 0 Å². The molecule has 0 aromatic rings. The molecule has 0 aliphatic rings. The molecule has 0 aliphatic heterocycles. The van der Waals surface area contributed by atoms with E-state index in [1.54, 1.807) is 0 Å². The molecule has 0 radical (unpaired) electrons. The van der Waals surface area contributed by atoms with Crippen LogP contribution in [0.1, 0.15) is 19.8 Å². The van der Waals surface area contributed by atoms with Crippen LogP contribution in [-0.4, -0.2) is 40.9 Å². The third-order valence-electron chi connectivity index (χ3n) is 2.17. The number of hydrogen-bond acceptors (Lipinski definition) is 4. The SMILES string of the molecule is CC(=O)C(CO)(CO)CCCO. The van der Waals surface area contributed by atoms with Gasteiger partial charge in [-0.15, -0.1) is 0 Å². The van der Waals surface area contributed by atoms with Crippen LogP contribution in [-0.2, 0) is 4.79 Å². The van der Waals surface area contributed by atoms with E-state index in [0.29, 0.717) is 12.8 Å². The zero-order chi connectivity index (χ0) is 9.61. The molecule has 0 aliphatic carbocycles. The summed E-state index contributed by atoms with van der Waals surface area (Å²) in [6, 6.07) is 0. The highest BCUT2D eigenvalue weighted by Crippen LogP contribution is 2.23. The van der Waals surface area contributed by atoms with Crippen molar-refractivity contribution in [1.82, 2.24) is 0 Å². The summed E-state index contributed by atoms with van der Waals surface area (Å²) >= 11 is 0. The molecule has 0 amide bonds. The lowest BCUT2D eigenvalue weighted by molar-refractivity contribution is -0.132. The maximum Gasteiger partial charge on any atom is 0.140 e. The van der Waals surface area contributed by atoms with Crippen LogP contribution in [0.2, 0.25) is 0 Å². The molecular formula is C8H16O4. The monoisotopic (exact) mass is 176 g/mol. The van der Waals surface area contributed by atoms with Gasteiger partial charge in [-0.3, -0.25) is 4.79 Å². The predicted octanol–water partition coefficient (Wildman–Crippen LogP) is -0.681. The molecule has 0 atom stereocenters. The topological polar surface area (TPSA) is 77.8 Å². The van der Waals surface area contributed by atoms with E-state index in [1.165, 1.54) is 6.92 Å². The molecular weight excluding hydrogens is 160 g/mol. The molecule has 0 aromatic heterocycles. The number of aliphatic hydroxyl groups is 3. The first-order chi connectivity index (χ1) is 5.63. The third kappa shape index (κ3) is 2.55. The highest BCUT2D eigenvalue weighted by atomic mass is 16.3. The van der Waals surface area contributed by atoms with E-state index in [4.69, 9.17) is 15.3 Å². The Morgan fingerprint density at radius 3 is 2.00 bits per heavy atom. The molecule has 0 spiro atoms. The molecule has 0 saturated carbocycles. The molecule has 72 valence electrons. The summed E-state index contributed by atoms with van der Waals surface area (Å²) in [6.45, 7) is 0.580. The van der Waals surface area contributed by atoms with E-state index in [1.807, 2.05) is 0 Å². The van der Waals surface area contributed by atoms with Crippen LogP contribution in [0.3, 0.4) is 0 Å². The first-order valence-corrected chi connectivity index (χ1v) is 3.96. The number of carbonyl (C=O) groups is 1. The van der Waals surface area contributed by atoms with Crippen molar-refractivity contribution in [3.63, 3.8) is 0 Å². The number of rotatable bonds is 6. The molecule has 0 saturated heterocycles. The van der Waals surface area contributed by atoms with Gasteiger partial charge in [-0.1, -0.05) is 0 Å². The van der Waals surface area contributed by atoms with Crippen molar-refractivity contribution in [3.05, 3.63) is 0 Å². The second-order valence-electron chi connectivity index (χ2n) is 2.98. The van der Waals surface area contributed by atoms with Crippen molar-refractivity contribution in [1.29, 1.82) is 0 Å². The normalized spacial score (nSPS) is 11.7. The van der Waals surface area contributed by atoms with Gasteiger partial charge in [0.1, 0.15) is 5.78 Å². The number of aliphatic hydroxyl groups excluding tert-OH is 3. The summed E-state index contributed by atoms with van der Waals surface area (Å²) in [6.07, 6.45) is 0.743. The Kier molecular flexibility index (Phi) is 5.04. The second-order valence-corrected chi connectivity index (χ2v) is 2.98. The zero-order valence-electron chi connectivity index (χ0n) is 7.29. The van der Waals surface area contributed by atoms with E-state index in [9.17, 15) is 4.79 Å². The van der Waals surface area contributed by atoms with Gasteiger partial charge in [0.25, 0.3) is 0 Å². The van der Waals surface area contributed by atoms with E-state index in [-0.39, 0.29) is 25.6 Å². The van der Waals surface area contributed by atoms with Gasteiger partial charge in [-0.05, 0) is 19.8 Å². The fourth-order valence-corrected chi connectivity index (χ4v) is 1.02. The summed E-state index contributed by atoms with van der Waals surface area (Å²) in [4.78, 5) is 11.0. The Labute approximate surface area is 71.8 Å². The van der Waals surface area contributed by atoms with Crippen molar-refractivity contribution in [2.24, 2.45) is 5.41 Å². The van der Waals surface area contributed by atoms with Gasteiger partial charge in [-0.25, -0.2) is 0 Å². The van der Waals surface area contributed by atoms with Crippen LogP contribution in [0.25, 0.3) is 0 Å². The Hall–Kier alpha value is -0.450. The minimum Gasteiger partial charge on any atom is -0.396 e. The lowest BCUT2D eigenvalue weighted by Gasteiger charge is -2.26. The number of hydrogen-bond donors (Lipinski definition) is 3. The highest BCUT2D eigenvalue weighted by Gasteiger charge is 2.33. The number of Topliss-reactive ketones (excluding diaryl/α,β-unsaturated/α-hetero) is 1. The number of carbonyl (C=O) groups excluding carboxylic acids is 1. The maximum absolute atomic E-state index is 11.0. The van der Waals surface area contributed by atoms with Crippen LogP contribution in [0.4, 0.5) is 0 Å². The molecule has 0 unspecified atom stereocenters. The summed E-state index contributed by atoms with van der Waals surface area (Å²) < 4.78 is 0. The van der Waals surface area contributed by atoms with Crippen molar-refractivity contribution >= 4 is 5.78 Å². The van der Waals surface area contributed by atoms with Crippen molar-refractivity contribution in [2.45, 2.75) is 19.8 Å². The van der Waals surface area contributed by atoms with Gasteiger partial charge >= 0.3 is 0 Å². The average Bonchev–Trinajstić information content (AvgIpc) is 2.07. The van der Waals surface area contributed by atoms with Crippen LogP contribution in [0, 0.1) is 5.41 Å². The van der Waals surface area contributed by atoms with Crippen LogP contribution in [0.5, 0.6) is 0 Å². The Balaban J connectivity index is 4.25. The smallest absolute Gasteiger partial charge is 0.140 e. The maximum atomic E-state index is 11.0. The van der Waals surface area contributed by atoms with Gasteiger partial charge in [0, 0.05) is 6.61 Å². The van der Waals surface area contributed by atoms with E-state index >= 15 is 0 Å². The summed E-state index contributed by atoms with van der Waals surface area (Å²) in [7, 11) is 0. The summed E-state index contributed by atoms with van der Waals surface area (Å²) in [5, 5.41) is 26.4. The average molecular weight is 176 g/mol. The minimum atomic E-state index is -1.05. The fourth-order valence-electron chi connectivity index (χ4n) is 1.02. The van der Waals surface area contributed by atoms with Gasteiger partial charge in [0.05, 0.1) is 18.6 Å². The minimum absolute atomic E-state index is 0.0327. The Bertz CT molecular complexity index is 140. The van der Waals surface area contributed by atoms with Crippen molar-refractivity contribution in [3.8, 4) is 0 Å². The molecule has 3 N–H and O–H groups in total. The second kappa shape index (κ2) is 5.24. The van der Waals surface area contributed by atoms with E-state index < -0.39 is 5.41 Å². The lowest BCUT2D eigenvalue weighted by atomic mass is 9.81. The molecule has 0 rings (SSSR count). The summed E-state index contributed by atoms with van der Waals surface area (Å²) in [5.41, 5.74) is -1.05. The highest BCUT2D eigenvalue weighted by molar-refractivity contribution is 5.82. The third-order valence-corrected chi connectivity index (χ3v) is 2.17. The Morgan fingerprint density at radius 2 is 1.75 bits per heavy atom. The van der Waals surface area contributed by atoms with Crippen molar-refractivity contribution in [2.75, 3.05) is 19.8 Å². The first-order valence-electron chi connectivity index (χ1n) is 3.96. The van der Waals surface area contributed by atoms with Crippen molar-refractivity contribution < 1.29 is 20.1 Å². The van der Waals surface area contributed by atoms with Crippen LogP contribution >= 0.6 is 0 Å². The van der Waals surface area contributed by atoms with E-state index in [0.717, 1.165) is 0 Å². The molecule has 4 heteroatoms. The quantitative estimate of drug-likeness (QED) is 0.501. The standard InChI is InChI=1S/C8H16O4/c1-7(12)8(5-10,6-11)3-2-4-9/h9-11H,2-6H2,1H3. The molecule has 0 heterocycles. The van der Waals surface area contributed by atoms with Gasteiger partial charge in [0.2, 0.25) is 0 Å². The lowest BCUT2D eigenvalue weighted by Crippen LogP contribution is -2.37. The molecule has 0 fully saturated rings. The zero-order valence-corrected chi connectivity index (χ0v) is 7.29. The van der Waals surface area contributed by atoms with Gasteiger partial charge in [-0.2, -0.15) is 0 Å².